The third kappa shape index (κ3) is 3.06. The second kappa shape index (κ2) is 7.14. The Morgan fingerprint density at radius 3 is 2.75 bits per heavy atom. The number of aromatic amines is 1. The van der Waals surface area contributed by atoms with Crippen molar-refractivity contribution in [1.82, 2.24) is 14.3 Å². The van der Waals surface area contributed by atoms with E-state index in [1.165, 1.54) is 40.8 Å². The van der Waals surface area contributed by atoms with Gasteiger partial charge in [0.15, 0.2) is 0 Å². The largest absolute Gasteiger partial charge is 0.467 e. The summed E-state index contributed by atoms with van der Waals surface area (Å²) in [6, 6.07) is 8.48. The molecule has 0 spiro atoms. The molecule has 28 heavy (non-hydrogen) atoms. The number of pyridine rings is 1. The highest BCUT2D eigenvalue weighted by Crippen LogP contribution is 2.22. The molecule has 0 saturated carbocycles. The van der Waals surface area contributed by atoms with Gasteiger partial charge in [-0.3, -0.25) is 14.7 Å². The van der Waals surface area contributed by atoms with E-state index in [1.54, 1.807) is 12.1 Å². The maximum atomic E-state index is 13.4. The lowest BCUT2D eigenvalue weighted by atomic mass is 10.2. The number of benzene rings is 1. The lowest BCUT2D eigenvalue weighted by Crippen LogP contribution is -2.25. The molecule has 0 aliphatic heterocycles. The van der Waals surface area contributed by atoms with Crippen molar-refractivity contribution in [3.63, 3.8) is 0 Å². The van der Waals surface area contributed by atoms with Gasteiger partial charge < -0.3 is 13.7 Å². The number of hydrogen-bond donors (Lipinski definition) is 1. The van der Waals surface area contributed by atoms with Crippen LogP contribution in [0.25, 0.3) is 16.6 Å². The third-order valence-electron chi connectivity index (χ3n) is 4.39. The minimum absolute atomic E-state index is 0.0392. The van der Waals surface area contributed by atoms with Crippen molar-refractivity contribution in [2.45, 2.75) is 13.2 Å². The van der Waals surface area contributed by atoms with Crippen LogP contribution in [0.15, 0.2) is 56.7 Å². The monoisotopic (exact) mass is 403 g/mol. The average molecular weight is 404 g/mol. The van der Waals surface area contributed by atoms with E-state index in [9.17, 15) is 14.0 Å². The van der Waals surface area contributed by atoms with Crippen molar-refractivity contribution in [2.75, 3.05) is 7.11 Å². The SMILES string of the molecule is COCc1c2c(=O)n(-c3ccc(F)cc3Cl)[nH]c2cc(=O)n1Cc1ccco1. The number of fused-ring (bicyclic) bond motifs is 1. The van der Waals surface area contributed by atoms with Gasteiger partial charge in [-0.2, -0.15) is 0 Å². The summed E-state index contributed by atoms with van der Waals surface area (Å²) in [5.74, 6) is 0.0485. The molecule has 0 aliphatic carbocycles. The normalized spacial score (nSPS) is 11.4. The highest BCUT2D eigenvalue weighted by molar-refractivity contribution is 6.32. The van der Waals surface area contributed by atoms with Gasteiger partial charge in [0.05, 0.1) is 46.7 Å². The van der Waals surface area contributed by atoms with Gasteiger partial charge in [-0.25, -0.2) is 9.07 Å². The molecule has 0 aliphatic rings. The fourth-order valence-electron chi connectivity index (χ4n) is 3.16. The van der Waals surface area contributed by atoms with E-state index in [0.29, 0.717) is 17.0 Å². The Labute approximate surface area is 162 Å². The van der Waals surface area contributed by atoms with Gasteiger partial charge in [0.25, 0.3) is 11.1 Å². The van der Waals surface area contributed by atoms with Crippen LogP contribution in [0.4, 0.5) is 4.39 Å². The molecule has 0 atom stereocenters. The zero-order valence-electron chi connectivity index (χ0n) is 14.7. The summed E-state index contributed by atoms with van der Waals surface area (Å²) in [6.07, 6.45) is 1.51. The molecule has 3 heterocycles. The molecular formula is C19H15ClFN3O4. The van der Waals surface area contributed by atoms with E-state index in [0.717, 1.165) is 6.07 Å². The maximum Gasteiger partial charge on any atom is 0.281 e. The number of H-pyrrole nitrogens is 1. The molecule has 0 radical (unpaired) electrons. The summed E-state index contributed by atoms with van der Waals surface area (Å²) in [7, 11) is 1.47. The van der Waals surface area contributed by atoms with Crippen LogP contribution < -0.4 is 11.1 Å². The van der Waals surface area contributed by atoms with Gasteiger partial charge in [0, 0.05) is 13.2 Å². The molecule has 4 aromatic rings. The predicted octanol–water partition coefficient (Wildman–Crippen LogP) is 3.06. The zero-order valence-corrected chi connectivity index (χ0v) is 15.5. The topological polar surface area (TPSA) is 82.2 Å². The summed E-state index contributed by atoms with van der Waals surface area (Å²) < 4.78 is 26.5. The van der Waals surface area contributed by atoms with Crippen molar-refractivity contribution >= 4 is 22.5 Å². The molecule has 0 unspecified atom stereocenters. The number of rotatable bonds is 5. The molecule has 3 aromatic heterocycles. The van der Waals surface area contributed by atoms with E-state index in [2.05, 4.69) is 5.10 Å². The first kappa shape index (κ1) is 18.3. The van der Waals surface area contributed by atoms with E-state index < -0.39 is 11.4 Å². The van der Waals surface area contributed by atoms with Crippen molar-refractivity contribution < 1.29 is 13.5 Å². The Bertz CT molecular complexity index is 1270. The summed E-state index contributed by atoms with van der Waals surface area (Å²) in [5.41, 5.74) is 0.258. The van der Waals surface area contributed by atoms with Crippen LogP contribution in [0.5, 0.6) is 0 Å². The van der Waals surface area contributed by atoms with Gasteiger partial charge in [-0.1, -0.05) is 11.6 Å². The van der Waals surface area contributed by atoms with Crippen molar-refractivity contribution in [3.8, 4) is 5.69 Å². The molecule has 9 heteroatoms. The number of nitrogens with zero attached hydrogens (tertiary/aromatic N) is 2. The van der Waals surface area contributed by atoms with E-state index in [1.807, 2.05) is 0 Å². The number of halogens is 2. The molecule has 144 valence electrons. The number of ether oxygens (including phenoxy) is 1. The van der Waals surface area contributed by atoms with Crippen molar-refractivity contribution in [2.24, 2.45) is 0 Å². The fourth-order valence-corrected chi connectivity index (χ4v) is 3.41. The molecule has 0 fully saturated rings. The number of furan rings is 1. The van der Waals surface area contributed by atoms with Gasteiger partial charge in [-0.05, 0) is 30.3 Å². The molecule has 1 N–H and O–H groups in total. The van der Waals surface area contributed by atoms with Gasteiger partial charge >= 0.3 is 0 Å². The number of methoxy groups -OCH3 is 1. The quantitative estimate of drug-likeness (QED) is 0.555. The Kier molecular flexibility index (Phi) is 4.66. The number of hydrogen-bond acceptors (Lipinski definition) is 4. The lowest BCUT2D eigenvalue weighted by Gasteiger charge is -2.11. The Balaban J connectivity index is 1.98. The summed E-state index contributed by atoms with van der Waals surface area (Å²) in [4.78, 5) is 25.8. The number of nitrogens with one attached hydrogen (secondary N) is 1. The first-order chi connectivity index (χ1) is 13.5. The lowest BCUT2D eigenvalue weighted by molar-refractivity contribution is 0.178. The van der Waals surface area contributed by atoms with Crippen molar-refractivity contribution in [3.05, 3.63) is 85.7 Å². The van der Waals surface area contributed by atoms with E-state index in [-0.39, 0.29) is 34.8 Å². The second-order valence-electron chi connectivity index (χ2n) is 6.16. The Morgan fingerprint density at radius 1 is 1.25 bits per heavy atom. The Hall–Kier alpha value is -3.10. The van der Waals surface area contributed by atoms with Crippen LogP contribution in [0.3, 0.4) is 0 Å². The smallest absolute Gasteiger partial charge is 0.281 e. The van der Waals surface area contributed by atoms with Crippen molar-refractivity contribution in [1.29, 1.82) is 0 Å². The molecule has 7 nitrogen and oxygen atoms in total. The summed E-state index contributed by atoms with van der Waals surface area (Å²) in [5, 5.41) is 3.22. The molecule has 0 saturated heterocycles. The third-order valence-corrected chi connectivity index (χ3v) is 4.70. The predicted molar refractivity (Wildman–Crippen MR) is 102 cm³/mol. The van der Waals surface area contributed by atoms with Crippen LogP contribution in [0, 0.1) is 5.82 Å². The van der Waals surface area contributed by atoms with Gasteiger partial charge in [0.2, 0.25) is 0 Å². The van der Waals surface area contributed by atoms with E-state index >= 15 is 0 Å². The van der Waals surface area contributed by atoms with Gasteiger partial charge in [-0.15, -0.1) is 0 Å². The first-order valence-corrected chi connectivity index (χ1v) is 8.71. The number of aromatic nitrogens is 3. The van der Waals surface area contributed by atoms with Gasteiger partial charge in [0.1, 0.15) is 11.6 Å². The van der Waals surface area contributed by atoms with Crippen LogP contribution in [-0.2, 0) is 17.9 Å². The molecule has 0 amide bonds. The fraction of sp³-hybridized carbons (Fsp3) is 0.158. The van der Waals surface area contributed by atoms with Crippen LogP contribution in [0.2, 0.25) is 5.02 Å². The van der Waals surface area contributed by atoms with Crippen LogP contribution in [-0.4, -0.2) is 21.5 Å². The standard InChI is InChI=1S/C19H15ClFN3O4/c1-27-10-16-18-14(8-17(25)23(16)9-12-3-2-6-28-12)22-24(19(18)26)15-5-4-11(21)7-13(15)20/h2-8,22H,9-10H2,1H3. The summed E-state index contributed by atoms with van der Waals surface area (Å²) in [6.45, 7) is 0.194. The molecular weight excluding hydrogens is 389 g/mol. The second-order valence-corrected chi connectivity index (χ2v) is 6.57. The first-order valence-electron chi connectivity index (χ1n) is 8.34. The highest BCUT2D eigenvalue weighted by Gasteiger charge is 2.19. The maximum absolute atomic E-state index is 13.4. The van der Waals surface area contributed by atoms with E-state index in [4.69, 9.17) is 20.8 Å². The summed E-state index contributed by atoms with van der Waals surface area (Å²) >= 11 is 6.10. The van der Waals surface area contributed by atoms with Crippen LogP contribution in [0.1, 0.15) is 11.5 Å². The Morgan fingerprint density at radius 2 is 2.07 bits per heavy atom. The van der Waals surface area contributed by atoms with Crippen LogP contribution >= 0.6 is 11.6 Å². The molecule has 4 rings (SSSR count). The minimum Gasteiger partial charge on any atom is -0.467 e. The molecule has 0 bridgehead atoms. The average Bonchev–Trinajstić information content (AvgIpc) is 3.26. The highest BCUT2D eigenvalue weighted by atomic mass is 35.5. The molecule has 1 aromatic carbocycles. The minimum atomic E-state index is -0.517. The zero-order chi connectivity index (χ0) is 19.8.